The number of carbonyl (C=O) groups is 1. The number of amides is 2. The second-order valence-corrected chi connectivity index (χ2v) is 7.14. The maximum Gasteiger partial charge on any atom is 0.314 e. The van der Waals surface area contributed by atoms with E-state index in [4.69, 9.17) is 5.11 Å². The van der Waals surface area contributed by atoms with Gasteiger partial charge in [-0.15, -0.1) is 0 Å². The zero-order valence-corrected chi connectivity index (χ0v) is 13.0. The van der Waals surface area contributed by atoms with E-state index in [0.29, 0.717) is 23.6 Å². The van der Waals surface area contributed by atoms with E-state index in [1.54, 1.807) is 0 Å². The lowest BCUT2D eigenvalue weighted by Gasteiger charge is -2.19. The van der Waals surface area contributed by atoms with Crippen molar-refractivity contribution < 1.29 is 9.90 Å². The van der Waals surface area contributed by atoms with Crippen LogP contribution in [-0.2, 0) is 0 Å². The van der Waals surface area contributed by atoms with Crippen LogP contribution < -0.4 is 10.6 Å². The second kappa shape index (κ2) is 9.48. The second-order valence-electron chi connectivity index (χ2n) is 5.73. The first kappa shape index (κ1) is 16.6. The summed E-state index contributed by atoms with van der Waals surface area (Å²) >= 11 is 1.95. The Bertz CT molecular complexity index is 256. The third-order valence-electron chi connectivity index (χ3n) is 3.41. The Morgan fingerprint density at radius 1 is 1.42 bits per heavy atom. The van der Waals surface area contributed by atoms with Crippen LogP contribution in [0.3, 0.4) is 0 Å². The molecule has 4 nitrogen and oxygen atoms in total. The molecule has 1 rings (SSSR count). The predicted molar refractivity (Wildman–Crippen MR) is 81.5 cm³/mol. The summed E-state index contributed by atoms with van der Waals surface area (Å²) in [6, 6.07) is -0.0702. The number of thioether (sulfide) groups is 1. The standard InChI is InChI=1S/C14H28N2O2S/c1-11(2)8-12(5-6-17)9-15-14(18)16-10-13-4-3-7-19-13/h11-13,17H,3-10H2,1-2H3,(H2,15,16,18). The lowest BCUT2D eigenvalue weighted by molar-refractivity contribution is 0.225. The number of nitrogens with one attached hydrogen (secondary N) is 2. The van der Waals surface area contributed by atoms with Gasteiger partial charge in [0.1, 0.15) is 0 Å². The zero-order chi connectivity index (χ0) is 14.1. The molecule has 2 atom stereocenters. The molecule has 5 heteroatoms. The highest BCUT2D eigenvalue weighted by atomic mass is 32.2. The maximum atomic E-state index is 11.7. The molecule has 0 aromatic carbocycles. The summed E-state index contributed by atoms with van der Waals surface area (Å²) in [7, 11) is 0. The number of hydrogen-bond acceptors (Lipinski definition) is 3. The summed E-state index contributed by atoms with van der Waals surface area (Å²) < 4.78 is 0. The van der Waals surface area contributed by atoms with Crippen molar-refractivity contribution in [1.29, 1.82) is 0 Å². The highest BCUT2D eigenvalue weighted by Gasteiger charge is 2.16. The van der Waals surface area contributed by atoms with Crippen molar-refractivity contribution in [2.75, 3.05) is 25.4 Å². The summed E-state index contributed by atoms with van der Waals surface area (Å²) in [5.74, 6) is 2.19. The molecule has 1 heterocycles. The van der Waals surface area contributed by atoms with Crippen LogP contribution in [0, 0.1) is 11.8 Å². The van der Waals surface area contributed by atoms with Crippen molar-refractivity contribution in [2.24, 2.45) is 11.8 Å². The van der Waals surface area contributed by atoms with E-state index in [1.807, 2.05) is 11.8 Å². The smallest absolute Gasteiger partial charge is 0.314 e. The predicted octanol–water partition coefficient (Wildman–Crippen LogP) is 2.23. The number of carbonyl (C=O) groups excluding carboxylic acids is 1. The van der Waals surface area contributed by atoms with Gasteiger partial charge in [-0.25, -0.2) is 4.79 Å². The van der Waals surface area contributed by atoms with Gasteiger partial charge in [-0.1, -0.05) is 13.8 Å². The quantitative estimate of drug-likeness (QED) is 0.642. The average Bonchev–Trinajstić information content (AvgIpc) is 2.86. The van der Waals surface area contributed by atoms with Crippen molar-refractivity contribution >= 4 is 17.8 Å². The first-order valence-corrected chi connectivity index (χ1v) is 8.40. The minimum atomic E-state index is -0.0702. The monoisotopic (exact) mass is 288 g/mol. The number of rotatable bonds is 8. The molecule has 1 aliphatic rings. The molecule has 2 amide bonds. The Morgan fingerprint density at radius 3 is 2.79 bits per heavy atom. The van der Waals surface area contributed by atoms with Gasteiger partial charge in [0, 0.05) is 24.9 Å². The summed E-state index contributed by atoms with van der Waals surface area (Å²) in [6.07, 6.45) is 4.29. The number of aliphatic hydroxyl groups is 1. The van der Waals surface area contributed by atoms with Gasteiger partial charge < -0.3 is 15.7 Å². The molecule has 0 bridgehead atoms. The first-order chi connectivity index (χ1) is 9.11. The highest BCUT2D eigenvalue weighted by Crippen LogP contribution is 2.25. The molecule has 0 spiro atoms. The van der Waals surface area contributed by atoms with Crippen LogP contribution in [0.2, 0.25) is 0 Å². The molecule has 0 radical (unpaired) electrons. The minimum Gasteiger partial charge on any atom is -0.396 e. The van der Waals surface area contributed by atoms with Gasteiger partial charge in [0.05, 0.1) is 0 Å². The highest BCUT2D eigenvalue weighted by molar-refractivity contribution is 8.00. The van der Waals surface area contributed by atoms with E-state index < -0.39 is 0 Å². The van der Waals surface area contributed by atoms with E-state index in [2.05, 4.69) is 24.5 Å². The summed E-state index contributed by atoms with van der Waals surface area (Å²) in [4.78, 5) is 11.7. The summed E-state index contributed by atoms with van der Waals surface area (Å²) in [5, 5.41) is 15.5. The molecule has 3 N–H and O–H groups in total. The summed E-state index contributed by atoms with van der Waals surface area (Å²) in [6.45, 7) is 5.96. The van der Waals surface area contributed by atoms with Gasteiger partial charge in [0.15, 0.2) is 0 Å². The molecule has 1 aliphatic heterocycles. The number of urea groups is 1. The Labute approximate surface area is 121 Å². The Balaban J connectivity index is 2.15. The van der Waals surface area contributed by atoms with Crippen LogP contribution in [0.15, 0.2) is 0 Å². The molecule has 19 heavy (non-hydrogen) atoms. The van der Waals surface area contributed by atoms with Crippen molar-refractivity contribution in [3.05, 3.63) is 0 Å². The van der Waals surface area contributed by atoms with Crippen LogP contribution in [0.4, 0.5) is 4.79 Å². The molecule has 2 unspecified atom stereocenters. The van der Waals surface area contributed by atoms with E-state index >= 15 is 0 Å². The van der Waals surface area contributed by atoms with Gasteiger partial charge in [-0.05, 0) is 43.3 Å². The molecule has 0 aliphatic carbocycles. The Hall–Kier alpha value is -0.420. The van der Waals surface area contributed by atoms with Crippen molar-refractivity contribution in [3.8, 4) is 0 Å². The fourth-order valence-electron chi connectivity index (χ4n) is 2.46. The normalized spacial score (nSPS) is 20.5. The van der Waals surface area contributed by atoms with E-state index in [9.17, 15) is 4.79 Å². The Kier molecular flexibility index (Phi) is 8.30. The number of aliphatic hydroxyl groups excluding tert-OH is 1. The van der Waals surface area contributed by atoms with Crippen LogP contribution in [0.25, 0.3) is 0 Å². The van der Waals surface area contributed by atoms with Crippen LogP contribution in [0.1, 0.15) is 39.5 Å². The first-order valence-electron chi connectivity index (χ1n) is 7.36. The molecular formula is C14H28N2O2S. The summed E-state index contributed by atoms with van der Waals surface area (Å²) in [5.41, 5.74) is 0. The van der Waals surface area contributed by atoms with Crippen LogP contribution >= 0.6 is 11.8 Å². The average molecular weight is 288 g/mol. The fourth-order valence-corrected chi connectivity index (χ4v) is 3.67. The molecule has 1 fully saturated rings. The van der Waals surface area contributed by atoms with Crippen LogP contribution in [0.5, 0.6) is 0 Å². The largest absolute Gasteiger partial charge is 0.396 e. The third-order valence-corrected chi connectivity index (χ3v) is 4.81. The van der Waals surface area contributed by atoms with Crippen molar-refractivity contribution in [3.63, 3.8) is 0 Å². The van der Waals surface area contributed by atoms with E-state index in [-0.39, 0.29) is 12.6 Å². The fraction of sp³-hybridized carbons (Fsp3) is 0.929. The molecule has 1 saturated heterocycles. The van der Waals surface area contributed by atoms with Crippen LogP contribution in [-0.4, -0.2) is 41.8 Å². The molecule has 112 valence electrons. The minimum absolute atomic E-state index is 0.0702. The van der Waals surface area contributed by atoms with Crippen molar-refractivity contribution in [2.45, 2.75) is 44.8 Å². The lowest BCUT2D eigenvalue weighted by atomic mass is 9.94. The van der Waals surface area contributed by atoms with Gasteiger partial charge in [-0.3, -0.25) is 0 Å². The zero-order valence-electron chi connectivity index (χ0n) is 12.2. The Morgan fingerprint density at radius 2 is 2.21 bits per heavy atom. The van der Waals surface area contributed by atoms with E-state index in [0.717, 1.165) is 19.4 Å². The van der Waals surface area contributed by atoms with Crippen molar-refractivity contribution in [1.82, 2.24) is 10.6 Å². The molecule has 0 aromatic heterocycles. The number of hydrogen-bond donors (Lipinski definition) is 3. The lowest BCUT2D eigenvalue weighted by Crippen LogP contribution is -2.41. The maximum absolute atomic E-state index is 11.7. The van der Waals surface area contributed by atoms with Gasteiger partial charge in [0.25, 0.3) is 0 Å². The van der Waals surface area contributed by atoms with E-state index in [1.165, 1.54) is 18.6 Å². The SMILES string of the molecule is CC(C)CC(CCO)CNC(=O)NCC1CCCS1. The van der Waals surface area contributed by atoms with Gasteiger partial charge in [-0.2, -0.15) is 11.8 Å². The molecule has 0 aromatic rings. The molecule has 0 saturated carbocycles. The van der Waals surface area contributed by atoms with Gasteiger partial charge in [0.2, 0.25) is 0 Å². The van der Waals surface area contributed by atoms with Gasteiger partial charge >= 0.3 is 6.03 Å². The third kappa shape index (κ3) is 7.67. The topological polar surface area (TPSA) is 61.4 Å². The molecular weight excluding hydrogens is 260 g/mol.